The van der Waals surface area contributed by atoms with Crippen LogP contribution in [-0.2, 0) is 0 Å². The van der Waals surface area contributed by atoms with Crippen molar-refractivity contribution in [2.75, 3.05) is 19.4 Å². The summed E-state index contributed by atoms with van der Waals surface area (Å²) in [6, 6.07) is 3.01. The van der Waals surface area contributed by atoms with Crippen molar-refractivity contribution in [1.82, 2.24) is 4.90 Å². The molecule has 0 aromatic heterocycles. The molecule has 6 nitrogen and oxygen atoms in total. The largest absolute Gasteiger partial charge is 0.505 e. The minimum atomic E-state index is -0.632. The van der Waals surface area contributed by atoms with E-state index < -0.39 is 10.9 Å². The Hall–Kier alpha value is -2.15. The highest BCUT2D eigenvalue weighted by Crippen LogP contribution is 2.34. The van der Waals surface area contributed by atoms with Crippen molar-refractivity contribution in [2.24, 2.45) is 0 Å². The molecule has 21 heavy (non-hydrogen) atoms. The molecule has 0 unspecified atom stereocenters. The lowest BCUT2D eigenvalue weighted by molar-refractivity contribution is 0.0824. The molecule has 0 saturated heterocycles. The fourth-order valence-electron chi connectivity index (χ4n) is 1.89. The number of nitrogens with zero attached hydrogens (tertiary/aromatic N) is 1. The normalized spacial score (nSPS) is 10.7. The summed E-state index contributed by atoms with van der Waals surface area (Å²) in [5.74, 6) is -0.650. The van der Waals surface area contributed by atoms with Gasteiger partial charge in [0.2, 0.25) is 10.9 Å². The SMILES string of the molecule is Cc1c(Nc2cc(Br)cc(C(=O)N(C)C)c2O)c(=O)c1=O. The molecule has 1 amide bonds. The molecule has 110 valence electrons. The van der Waals surface area contributed by atoms with E-state index in [0.717, 1.165) is 0 Å². The molecule has 2 N–H and O–H groups in total. The van der Waals surface area contributed by atoms with Crippen molar-refractivity contribution in [3.8, 4) is 5.75 Å². The zero-order valence-electron chi connectivity index (χ0n) is 11.7. The molecule has 0 radical (unpaired) electrons. The topological polar surface area (TPSA) is 86.7 Å². The van der Waals surface area contributed by atoms with E-state index in [4.69, 9.17) is 0 Å². The second-order valence-electron chi connectivity index (χ2n) is 4.83. The zero-order valence-corrected chi connectivity index (χ0v) is 13.2. The van der Waals surface area contributed by atoms with Gasteiger partial charge in [0, 0.05) is 24.1 Å². The summed E-state index contributed by atoms with van der Waals surface area (Å²) in [6.45, 7) is 1.52. The van der Waals surface area contributed by atoms with Gasteiger partial charge in [-0.3, -0.25) is 14.4 Å². The van der Waals surface area contributed by atoms with Crippen molar-refractivity contribution in [3.63, 3.8) is 0 Å². The Labute approximate surface area is 128 Å². The monoisotopic (exact) mass is 352 g/mol. The van der Waals surface area contributed by atoms with Gasteiger partial charge in [-0.05, 0) is 19.1 Å². The second-order valence-corrected chi connectivity index (χ2v) is 5.75. The number of hydrogen-bond acceptors (Lipinski definition) is 5. The molecule has 7 heteroatoms. The quantitative estimate of drug-likeness (QED) is 0.645. The van der Waals surface area contributed by atoms with Gasteiger partial charge in [-0.25, -0.2) is 0 Å². The maximum absolute atomic E-state index is 12.0. The summed E-state index contributed by atoms with van der Waals surface area (Å²) in [4.78, 5) is 36.0. The number of nitrogens with one attached hydrogen (secondary N) is 1. The van der Waals surface area contributed by atoms with Crippen LogP contribution in [0.3, 0.4) is 0 Å². The molecule has 0 aliphatic carbocycles. The van der Waals surface area contributed by atoms with Gasteiger partial charge >= 0.3 is 0 Å². The smallest absolute Gasteiger partial charge is 0.257 e. The number of benzene rings is 1. The Balaban J connectivity index is 2.49. The highest BCUT2D eigenvalue weighted by Gasteiger charge is 2.21. The molecule has 0 heterocycles. The van der Waals surface area contributed by atoms with Gasteiger partial charge in [-0.1, -0.05) is 15.9 Å². The van der Waals surface area contributed by atoms with Gasteiger partial charge in [0.25, 0.3) is 5.91 Å². The fraction of sp³-hybridized carbons (Fsp3) is 0.214. The number of anilines is 2. The van der Waals surface area contributed by atoms with Crippen molar-refractivity contribution < 1.29 is 9.90 Å². The predicted molar refractivity (Wildman–Crippen MR) is 83.2 cm³/mol. The Kier molecular flexibility index (Phi) is 3.87. The first-order valence-electron chi connectivity index (χ1n) is 6.05. The van der Waals surface area contributed by atoms with Crippen LogP contribution in [0.1, 0.15) is 15.9 Å². The van der Waals surface area contributed by atoms with Gasteiger partial charge < -0.3 is 15.3 Å². The number of rotatable bonds is 3. The van der Waals surface area contributed by atoms with Gasteiger partial charge in [0.05, 0.1) is 16.9 Å². The summed E-state index contributed by atoms with van der Waals surface area (Å²) in [6.07, 6.45) is 0. The Bertz CT molecular complexity index is 804. The Morgan fingerprint density at radius 2 is 1.86 bits per heavy atom. The molecule has 0 bridgehead atoms. The lowest BCUT2D eigenvalue weighted by atomic mass is 10.1. The van der Waals surface area contributed by atoms with E-state index in [1.165, 1.54) is 24.0 Å². The lowest BCUT2D eigenvalue weighted by Crippen LogP contribution is -2.36. The van der Waals surface area contributed by atoms with Crippen molar-refractivity contribution >= 4 is 33.2 Å². The fourth-order valence-corrected chi connectivity index (χ4v) is 2.35. The van der Waals surface area contributed by atoms with Gasteiger partial charge in [0.15, 0.2) is 5.75 Å². The first-order valence-corrected chi connectivity index (χ1v) is 6.84. The molecule has 0 saturated carbocycles. The average molecular weight is 353 g/mol. The van der Waals surface area contributed by atoms with E-state index >= 15 is 0 Å². The zero-order chi connectivity index (χ0) is 15.9. The number of phenolic OH excluding ortho intramolecular Hbond substituents is 1. The van der Waals surface area contributed by atoms with Crippen LogP contribution in [0.4, 0.5) is 11.4 Å². The first-order chi connectivity index (χ1) is 9.73. The number of carbonyl (C=O) groups excluding carboxylic acids is 1. The van der Waals surface area contributed by atoms with Crippen LogP contribution >= 0.6 is 15.9 Å². The van der Waals surface area contributed by atoms with Crippen LogP contribution < -0.4 is 16.2 Å². The van der Waals surface area contributed by atoms with E-state index in [1.807, 2.05) is 0 Å². The molecule has 0 aliphatic heterocycles. The molecule has 0 fully saturated rings. The number of carbonyl (C=O) groups is 1. The molecule has 2 aromatic rings. The third-order valence-electron chi connectivity index (χ3n) is 3.12. The van der Waals surface area contributed by atoms with E-state index in [-0.39, 0.29) is 28.6 Å². The maximum Gasteiger partial charge on any atom is 0.257 e. The molecular weight excluding hydrogens is 340 g/mol. The Morgan fingerprint density at radius 1 is 1.24 bits per heavy atom. The van der Waals surface area contributed by atoms with Crippen LogP contribution in [0.25, 0.3) is 0 Å². The number of aromatic hydroxyl groups is 1. The van der Waals surface area contributed by atoms with E-state index in [9.17, 15) is 19.5 Å². The van der Waals surface area contributed by atoms with Crippen LogP contribution in [0.2, 0.25) is 0 Å². The predicted octanol–water partition coefficient (Wildman–Crippen LogP) is 1.50. The van der Waals surface area contributed by atoms with Gasteiger partial charge in [-0.2, -0.15) is 0 Å². The molecule has 0 aliphatic rings. The number of halogens is 1. The van der Waals surface area contributed by atoms with Gasteiger partial charge in [0.1, 0.15) is 0 Å². The van der Waals surface area contributed by atoms with Crippen molar-refractivity contribution in [3.05, 3.63) is 48.2 Å². The second kappa shape index (κ2) is 5.33. The third-order valence-corrected chi connectivity index (χ3v) is 3.58. The summed E-state index contributed by atoms with van der Waals surface area (Å²) in [7, 11) is 3.13. The Morgan fingerprint density at radius 3 is 2.38 bits per heavy atom. The molecular formula is C14H13BrN2O4. The summed E-state index contributed by atoms with van der Waals surface area (Å²) < 4.78 is 0.560. The summed E-state index contributed by atoms with van der Waals surface area (Å²) >= 11 is 3.25. The van der Waals surface area contributed by atoms with E-state index in [1.54, 1.807) is 14.1 Å². The van der Waals surface area contributed by atoms with Crippen molar-refractivity contribution in [1.29, 1.82) is 0 Å². The molecule has 0 spiro atoms. The highest BCUT2D eigenvalue weighted by molar-refractivity contribution is 9.10. The maximum atomic E-state index is 12.0. The standard InChI is InChI=1S/C14H13BrN2O4/c1-6-10(13(20)11(6)18)16-9-5-7(15)4-8(12(9)19)14(21)17(2)3/h4-5,16,19H,1-3H3. The first kappa shape index (κ1) is 15.2. The minimum absolute atomic E-state index is 0.0910. The average Bonchev–Trinajstić information content (AvgIpc) is 2.45. The lowest BCUT2D eigenvalue weighted by Gasteiger charge is -2.16. The third kappa shape index (κ3) is 2.56. The van der Waals surface area contributed by atoms with Crippen LogP contribution in [0.5, 0.6) is 5.75 Å². The highest BCUT2D eigenvalue weighted by atomic mass is 79.9. The molecule has 2 aromatic carbocycles. The van der Waals surface area contributed by atoms with Crippen LogP contribution in [-0.4, -0.2) is 30.0 Å². The van der Waals surface area contributed by atoms with Gasteiger partial charge in [-0.15, -0.1) is 0 Å². The van der Waals surface area contributed by atoms with Crippen LogP contribution in [0, 0.1) is 6.92 Å². The number of phenols is 1. The summed E-state index contributed by atoms with van der Waals surface area (Å²) in [5.41, 5.74) is -0.460. The molecule has 2 rings (SSSR count). The van der Waals surface area contributed by atoms with E-state index in [2.05, 4.69) is 21.2 Å². The van der Waals surface area contributed by atoms with E-state index in [0.29, 0.717) is 10.0 Å². The number of amides is 1. The van der Waals surface area contributed by atoms with Crippen molar-refractivity contribution in [2.45, 2.75) is 6.92 Å². The molecule has 0 atom stereocenters. The minimum Gasteiger partial charge on any atom is -0.505 e. The number of hydrogen-bond donors (Lipinski definition) is 2. The summed E-state index contributed by atoms with van der Waals surface area (Å²) in [5, 5.41) is 12.9. The van der Waals surface area contributed by atoms with Crippen LogP contribution in [0.15, 0.2) is 26.2 Å².